The molecule has 0 unspecified atom stereocenters. The van der Waals surface area contributed by atoms with Crippen molar-refractivity contribution in [2.45, 2.75) is 11.8 Å². The van der Waals surface area contributed by atoms with Gasteiger partial charge in [0.1, 0.15) is 0 Å². The number of aryl methyl sites for hydroxylation is 1. The summed E-state index contributed by atoms with van der Waals surface area (Å²) in [6.45, 7) is 6.11. The number of rotatable bonds is 3. The van der Waals surface area contributed by atoms with Gasteiger partial charge in [0, 0.05) is 41.8 Å². The van der Waals surface area contributed by atoms with Crippen LogP contribution in [0.2, 0.25) is 5.02 Å². The molecule has 0 N–H and O–H groups in total. The molecule has 0 spiro atoms. The first-order chi connectivity index (χ1) is 12.1. The first kappa shape index (κ1) is 17.0. The van der Waals surface area contributed by atoms with Gasteiger partial charge in [0.25, 0.3) is 0 Å². The Morgan fingerprint density at radius 1 is 1.04 bits per heavy atom. The molecular weight excluding hydrogens is 370 g/mol. The van der Waals surface area contributed by atoms with Crippen LogP contribution in [0.3, 0.4) is 0 Å². The van der Waals surface area contributed by atoms with Crippen LogP contribution in [0, 0.1) is 6.92 Å². The van der Waals surface area contributed by atoms with E-state index in [0.29, 0.717) is 0 Å². The number of thioether (sulfide) groups is 1. The van der Waals surface area contributed by atoms with Crippen LogP contribution in [-0.2, 0) is 0 Å². The Kier molecular flexibility index (Phi) is 4.80. The smallest absolute Gasteiger partial charge is 0.186 e. The maximum atomic E-state index is 6.18. The number of piperazine rings is 1. The summed E-state index contributed by atoms with van der Waals surface area (Å²) < 4.78 is 1.27. The summed E-state index contributed by atoms with van der Waals surface area (Å²) in [5.74, 6) is 0. The fourth-order valence-corrected chi connectivity index (χ4v) is 4.95. The Bertz CT molecular complexity index is 901. The van der Waals surface area contributed by atoms with E-state index in [0.717, 1.165) is 41.8 Å². The van der Waals surface area contributed by atoms with Crippen LogP contribution in [0.25, 0.3) is 10.2 Å². The van der Waals surface area contributed by atoms with Crippen LogP contribution < -0.4 is 9.80 Å². The van der Waals surface area contributed by atoms with Gasteiger partial charge in [0.15, 0.2) is 5.13 Å². The number of benzene rings is 2. The summed E-state index contributed by atoms with van der Waals surface area (Å²) in [4.78, 5) is 11.0. The number of nitrogens with zero attached hydrogens (tertiary/aromatic N) is 3. The Labute approximate surface area is 161 Å². The van der Waals surface area contributed by atoms with Crippen molar-refractivity contribution in [2.24, 2.45) is 0 Å². The minimum atomic E-state index is 0.804. The van der Waals surface area contributed by atoms with Crippen molar-refractivity contribution < 1.29 is 0 Å². The van der Waals surface area contributed by atoms with Gasteiger partial charge in [0.2, 0.25) is 0 Å². The zero-order valence-corrected chi connectivity index (χ0v) is 16.7. The van der Waals surface area contributed by atoms with Crippen molar-refractivity contribution >= 4 is 55.7 Å². The molecule has 6 heteroatoms. The molecule has 0 amide bonds. The minimum absolute atomic E-state index is 0.804. The molecule has 3 aromatic rings. The summed E-state index contributed by atoms with van der Waals surface area (Å²) in [5, 5.41) is 1.94. The first-order valence-electron chi connectivity index (χ1n) is 8.35. The van der Waals surface area contributed by atoms with Gasteiger partial charge in [-0.2, -0.15) is 0 Å². The summed E-state index contributed by atoms with van der Waals surface area (Å²) >= 11 is 9.76. The van der Waals surface area contributed by atoms with Crippen LogP contribution in [-0.4, -0.2) is 37.4 Å². The predicted molar refractivity (Wildman–Crippen MR) is 112 cm³/mol. The van der Waals surface area contributed by atoms with E-state index in [2.05, 4.69) is 53.3 Å². The average Bonchev–Trinajstić information content (AvgIpc) is 3.07. The number of anilines is 2. The fourth-order valence-electron chi connectivity index (χ4n) is 3.22. The van der Waals surface area contributed by atoms with Crippen LogP contribution in [0.1, 0.15) is 5.56 Å². The Hall–Kier alpha value is -1.43. The number of thiazole rings is 1. The Morgan fingerprint density at radius 2 is 1.80 bits per heavy atom. The van der Waals surface area contributed by atoms with E-state index in [1.165, 1.54) is 20.8 Å². The molecule has 1 aromatic heterocycles. The Morgan fingerprint density at radius 3 is 2.56 bits per heavy atom. The van der Waals surface area contributed by atoms with Gasteiger partial charge in [-0.05, 0) is 49.1 Å². The summed E-state index contributed by atoms with van der Waals surface area (Å²) in [6, 6.07) is 12.7. The number of hydrogen-bond acceptors (Lipinski definition) is 5. The standard InChI is InChI=1S/C19H20ClN3S2/c1-13-3-4-14(20)11-17(13)22-7-9-23(10-8-22)19-21-16-6-5-15(24-2)12-18(16)25-19/h3-6,11-12H,7-10H2,1-2H3. The van der Waals surface area contributed by atoms with Crippen molar-refractivity contribution in [2.75, 3.05) is 42.2 Å². The minimum Gasteiger partial charge on any atom is -0.368 e. The van der Waals surface area contributed by atoms with Crippen LogP contribution in [0.4, 0.5) is 10.8 Å². The molecule has 2 aromatic carbocycles. The summed E-state index contributed by atoms with van der Waals surface area (Å²) in [5.41, 5.74) is 3.63. The molecule has 25 heavy (non-hydrogen) atoms. The van der Waals surface area contributed by atoms with Crippen molar-refractivity contribution in [1.82, 2.24) is 4.98 Å². The van der Waals surface area contributed by atoms with Gasteiger partial charge in [-0.3, -0.25) is 0 Å². The molecule has 1 fully saturated rings. The van der Waals surface area contributed by atoms with E-state index in [-0.39, 0.29) is 0 Å². The second-order valence-corrected chi connectivity index (χ2v) is 8.56. The number of aromatic nitrogens is 1. The molecule has 4 rings (SSSR count). The fraction of sp³-hybridized carbons (Fsp3) is 0.316. The molecule has 0 saturated carbocycles. The lowest BCUT2D eigenvalue weighted by Gasteiger charge is -2.36. The molecule has 0 aliphatic carbocycles. The lowest BCUT2D eigenvalue weighted by atomic mass is 10.1. The van der Waals surface area contributed by atoms with Gasteiger partial charge in [-0.15, -0.1) is 11.8 Å². The summed E-state index contributed by atoms with van der Waals surface area (Å²) in [6.07, 6.45) is 2.11. The summed E-state index contributed by atoms with van der Waals surface area (Å²) in [7, 11) is 0. The third kappa shape index (κ3) is 3.46. The van der Waals surface area contributed by atoms with E-state index >= 15 is 0 Å². The highest BCUT2D eigenvalue weighted by Crippen LogP contribution is 2.33. The third-order valence-electron chi connectivity index (χ3n) is 4.65. The normalized spacial score (nSPS) is 15.2. The lowest BCUT2D eigenvalue weighted by Crippen LogP contribution is -2.46. The second-order valence-electron chi connectivity index (χ2n) is 6.23. The quantitative estimate of drug-likeness (QED) is 0.565. The largest absolute Gasteiger partial charge is 0.368 e. The maximum Gasteiger partial charge on any atom is 0.186 e. The van der Waals surface area contributed by atoms with Crippen molar-refractivity contribution in [3.05, 3.63) is 47.0 Å². The third-order valence-corrected chi connectivity index (χ3v) is 6.69. The topological polar surface area (TPSA) is 19.4 Å². The van der Waals surface area contributed by atoms with E-state index in [4.69, 9.17) is 16.6 Å². The molecule has 3 nitrogen and oxygen atoms in total. The molecule has 1 saturated heterocycles. The molecule has 1 aliphatic heterocycles. The predicted octanol–water partition coefficient (Wildman–Crippen LogP) is 5.31. The highest BCUT2D eigenvalue weighted by molar-refractivity contribution is 7.98. The number of hydrogen-bond donors (Lipinski definition) is 0. The molecular formula is C19H20ClN3S2. The van der Waals surface area contributed by atoms with E-state index in [1.54, 1.807) is 23.1 Å². The van der Waals surface area contributed by atoms with Crippen molar-refractivity contribution in [3.8, 4) is 0 Å². The maximum absolute atomic E-state index is 6.18. The van der Waals surface area contributed by atoms with Gasteiger partial charge in [0.05, 0.1) is 10.2 Å². The van der Waals surface area contributed by atoms with E-state index in [1.807, 2.05) is 6.07 Å². The zero-order valence-electron chi connectivity index (χ0n) is 14.3. The first-order valence-corrected chi connectivity index (χ1v) is 10.8. The van der Waals surface area contributed by atoms with Gasteiger partial charge < -0.3 is 9.80 Å². The number of fused-ring (bicyclic) bond motifs is 1. The second kappa shape index (κ2) is 7.06. The molecule has 0 atom stereocenters. The molecule has 0 bridgehead atoms. The molecule has 0 radical (unpaired) electrons. The van der Waals surface area contributed by atoms with E-state index < -0.39 is 0 Å². The van der Waals surface area contributed by atoms with Gasteiger partial charge in [-0.1, -0.05) is 29.0 Å². The molecule has 130 valence electrons. The highest BCUT2D eigenvalue weighted by atomic mass is 35.5. The van der Waals surface area contributed by atoms with Gasteiger partial charge in [-0.25, -0.2) is 4.98 Å². The zero-order chi connectivity index (χ0) is 17.4. The van der Waals surface area contributed by atoms with Crippen LogP contribution in [0.5, 0.6) is 0 Å². The van der Waals surface area contributed by atoms with E-state index in [9.17, 15) is 0 Å². The van der Waals surface area contributed by atoms with Crippen molar-refractivity contribution in [3.63, 3.8) is 0 Å². The lowest BCUT2D eigenvalue weighted by molar-refractivity contribution is 0.651. The SMILES string of the molecule is CSc1ccc2nc(N3CCN(c4cc(Cl)ccc4C)CC3)sc2c1. The van der Waals surface area contributed by atoms with Crippen LogP contribution >= 0.6 is 34.7 Å². The van der Waals surface area contributed by atoms with Gasteiger partial charge >= 0.3 is 0 Å². The van der Waals surface area contributed by atoms with Crippen LogP contribution in [0.15, 0.2) is 41.3 Å². The monoisotopic (exact) mass is 389 g/mol. The molecule has 2 heterocycles. The highest BCUT2D eigenvalue weighted by Gasteiger charge is 2.21. The van der Waals surface area contributed by atoms with Crippen molar-refractivity contribution in [1.29, 1.82) is 0 Å². The average molecular weight is 390 g/mol. The Balaban J connectivity index is 1.51. The molecule has 1 aliphatic rings. The number of halogens is 1.